The fraction of sp³-hybridized carbons (Fsp3) is 0.778. The van der Waals surface area contributed by atoms with E-state index in [9.17, 15) is 13.2 Å². The number of ether oxygens (including phenoxy) is 1. The van der Waals surface area contributed by atoms with Gasteiger partial charge < -0.3 is 10.5 Å². The number of nitrogens with one attached hydrogen (secondary N) is 2. The zero-order valence-corrected chi connectivity index (χ0v) is 12.4. The molecule has 9 heteroatoms. The molecule has 106 valence electrons. The van der Waals surface area contributed by atoms with E-state index >= 15 is 0 Å². The van der Waals surface area contributed by atoms with Crippen molar-refractivity contribution in [2.75, 3.05) is 0 Å². The highest BCUT2D eigenvalue weighted by Crippen LogP contribution is 2.10. The van der Waals surface area contributed by atoms with Crippen LogP contribution in [-0.4, -0.2) is 31.1 Å². The first kappa shape index (κ1) is 17.1. The first-order chi connectivity index (χ1) is 8.02. The molecule has 1 amide bonds. The number of rotatable bonds is 6. The number of carbonyl (C=O) groups excluding carboxylic acids is 1. The lowest BCUT2D eigenvalue weighted by molar-refractivity contribution is 0.121. The molecule has 0 aliphatic rings. The van der Waals surface area contributed by atoms with Crippen LogP contribution < -0.4 is 15.2 Å². The van der Waals surface area contributed by atoms with Crippen molar-refractivity contribution in [2.45, 2.75) is 45.8 Å². The predicted molar refractivity (Wildman–Crippen MR) is 72.3 cm³/mol. The first-order valence-corrected chi connectivity index (χ1v) is 7.24. The summed E-state index contributed by atoms with van der Waals surface area (Å²) in [7, 11) is -4.08. The second-order valence-corrected chi connectivity index (χ2v) is 6.07. The van der Waals surface area contributed by atoms with Gasteiger partial charge in [0.1, 0.15) is 0 Å². The van der Waals surface area contributed by atoms with Crippen molar-refractivity contribution < 1.29 is 17.9 Å². The van der Waals surface area contributed by atoms with Gasteiger partial charge in [0.15, 0.2) is 0 Å². The number of carbonyl (C=O) groups is 1. The van der Waals surface area contributed by atoms with Crippen LogP contribution in [0.3, 0.4) is 0 Å². The van der Waals surface area contributed by atoms with Crippen molar-refractivity contribution >= 4 is 33.5 Å². The molecule has 18 heavy (non-hydrogen) atoms. The molecule has 0 saturated heterocycles. The average molecular weight is 297 g/mol. The molecule has 0 aromatic heterocycles. The third-order valence-electron chi connectivity index (χ3n) is 2.17. The highest BCUT2D eigenvalue weighted by Gasteiger charge is 2.32. The molecule has 0 radical (unpaired) electrons. The summed E-state index contributed by atoms with van der Waals surface area (Å²) in [5, 5.41) is 0. The van der Waals surface area contributed by atoms with Gasteiger partial charge in [-0.15, -0.1) is 0 Å². The molecule has 0 saturated carbocycles. The Kier molecular flexibility index (Phi) is 5.97. The quantitative estimate of drug-likeness (QED) is 0.612. The SMILES string of the molecule is CCC(C)(NS(=O)(=O)NC(=O)OC(C)C)C(N)=S. The molecule has 0 spiro atoms. The maximum atomic E-state index is 11.7. The predicted octanol–water partition coefficient (Wildman–Crippen LogP) is 0.410. The highest BCUT2D eigenvalue weighted by atomic mass is 32.2. The van der Waals surface area contributed by atoms with Crippen molar-refractivity contribution in [2.24, 2.45) is 5.73 Å². The van der Waals surface area contributed by atoms with Gasteiger partial charge in [-0.3, -0.25) is 0 Å². The normalized spacial score (nSPS) is 14.9. The van der Waals surface area contributed by atoms with Crippen LogP contribution in [-0.2, 0) is 14.9 Å². The molecule has 0 aromatic carbocycles. The number of amides is 1. The molecule has 0 heterocycles. The smallest absolute Gasteiger partial charge is 0.422 e. The topological polar surface area (TPSA) is 111 Å². The van der Waals surface area contributed by atoms with Crippen LogP contribution in [0, 0.1) is 0 Å². The van der Waals surface area contributed by atoms with Crippen LogP contribution in [0.4, 0.5) is 4.79 Å². The maximum absolute atomic E-state index is 11.7. The molecular weight excluding hydrogens is 278 g/mol. The Balaban J connectivity index is 4.76. The monoisotopic (exact) mass is 297 g/mol. The van der Waals surface area contributed by atoms with Gasteiger partial charge in [0.2, 0.25) is 0 Å². The largest absolute Gasteiger partial charge is 0.446 e. The fourth-order valence-electron chi connectivity index (χ4n) is 0.967. The van der Waals surface area contributed by atoms with Crippen LogP contribution in [0.5, 0.6) is 0 Å². The van der Waals surface area contributed by atoms with Crippen LogP contribution in [0.2, 0.25) is 0 Å². The summed E-state index contributed by atoms with van der Waals surface area (Å²) in [4.78, 5) is 11.2. The molecule has 0 aliphatic carbocycles. The van der Waals surface area contributed by atoms with E-state index in [1.54, 1.807) is 25.5 Å². The summed E-state index contributed by atoms with van der Waals surface area (Å²) in [5.41, 5.74) is 4.36. The van der Waals surface area contributed by atoms with Gasteiger partial charge >= 0.3 is 16.3 Å². The molecule has 4 N–H and O–H groups in total. The van der Waals surface area contributed by atoms with Gasteiger partial charge in [-0.1, -0.05) is 19.1 Å². The van der Waals surface area contributed by atoms with E-state index in [2.05, 4.69) is 9.46 Å². The highest BCUT2D eigenvalue weighted by molar-refractivity contribution is 7.88. The minimum Gasteiger partial charge on any atom is -0.446 e. The minimum atomic E-state index is -4.08. The van der Waals surface area contributed by atoms with Crippen LogP contribution in [0.1, 0.15) is 34.1 Å². The third kappa shape index (κ3) is 5.61. The van der Waals surface area contributed by atoms with Gasteiger partial charge in [-0.25, -0.2) is 9.52 Å². The standard InChI is InChI=1S/C9H19N3O4S2/c1-5-9(4,7(10)17)12-18(14,15)11-8(13)16-6(2)3/h6,12H,5H2,1-4H3,(H2,10,17)(H,11,13). The van der Waals surface area contributed by atoms with Gasteiger partial charge in [-0.2, -0.15) is 13.1 Å². The molecule has 0 aliphatic heterocycles. The van der Waals surface area contributed by atoms with E-state index in [1.165, 1.54) is 6.92 Å². The Hall–Kier alpha value is -0.930. The Morgan fingerprint density at radius 1 is 1.50 bits per heavy atom. The van der Waals surface area contributed by atoms with Gasteiger partial charge in [0.05, 0.1) is 16.6 Å². The van der Waals surface area contributed by atoms with Gasteiger partial charge in [0.25, 0.3) is 0 Å². The zero-order valence-electron chi connectivity index (χ0n) is 10.8. The zero-order chi connectivity index (χ0) is 14.6. The summed E-state index contributed by atoms with van der Waals surface area (Å²) in [6, 6.07) is 0. The molecule has 0 bridgehead atoms. The Morgan fingerprint density at radius 2 is 2.00 bits per heavy atom. The molecule has 7 nitrogen and oxygen atoms in total. The lowest BCUT2D eigenvalue weighted by Crippen LogP contribution is -2.57. The number of hydrogen-bond acceptors (Lipinski definition) is 5. The van der Waals surface area contributed by atoms with E-state index in [0.29, 0.717) is 6.42 Å². The summed E-state index contributed by atoms with van der Waals surface area (Å²) < 4.78 is 31.9. The van der Waals surface area contributed by atoms with E-state index in [-0.39, 0.29) is 4.99 Å². The average Bonchev–Trinajstić information content (AvgIpc) is 2.13. The minimum absolute atomic E-state index is 0.00685. The summed E-state index contributed by atoms with van der Waals surface area (Å²) in [6.07, 6.45) is -1.13. The first-order valence-electron chi connectivity index (χ1n) is 5.34. The Morgan fingerprint density at radius 3 is 2.33 bits per heavy atom. The molecule has 0 rings (SSSR count). The van der Waals surface area contributed by atoms with E-state index < -0.39 is 27.9 Å². The Labute approximate surface area is 113 Å². The number of nitrogens with two attached hydrogens (primary N) is 1. The van der Waals surface area contributed by atoms with Crippen LogP contribution in [0.25, 0.3) is 0 Å². The van der Waals surface area contributed by atoms with Crippen molar-refractivity contribution in [3.63, 3.8) is 0 Å². The summed E-state index contributed by atoms with van der Waals surface area (Å²) in [5.74, 6) is 0. The molecular formula is C9H19N3O4S2. The molecule has 1 atom stereocenters. The lowest BCUT2D eigenvalue weighted by Gasteiger charge is -2.27. The number of thiocarbonyl (C=S) groups is 1. The van der Waals surface area contributed by atoms with E-state index in [1.807, 2.05) is 0 Å². The maximum Gasteiger partial charge on any atom is 0.422 e. The lowest BCUT2D eigenvalue weighted by atomic mass is 10.0. The molecule has 0 aromatic rings. The molecule has 1 unspecified atom stereocenters. The summed E-state index contributed by atoms with van der Waals surface area (Å²) in [6.45, 7) is 6.45. The van der Waals surface area contributed by atoms with Crippen LogP contribution >= 0.6 is 12.2 Å². The third-order valence-corrected chi connectivity index (χ3v) is 3.78. The number of hydrogen-bond donors (Lipinski definition) is 3. The van der Waals surface area contributed by atoms with E-state index in [4.69, 9.17) is 18.0 Å². The van der Waals surface area contributed by atoms with Crippen molar-refractivity contribution in [3.8, 4) is 0 Å². The second kappa shape index (κ2) is 6.30. The molecule has 0 fully saturated rings. The van der Waals surface area contributed by atoms with Gasteiger partial charge in [-0.05, 0) is 27.2 Å². The Bertz CT molecular complexity index is 422. The fourth-order valence-corrected chi connectivity index (χ4v) is 2.39. The van der Waals surface area contributed by atoms with Crippen molar-refractivity contribution in [3.05, 3.63) is 0 Å². The van der Waals surface area contributed by atoms with Gasteiger partial charge in [0, 0.05) is 0 Å². The summed E-state index contributed by atoms with van der Waals surface area (Å²) >= 11 is 4.79. The van der Waals surface area contributed by atoms with E-state index in [0.717, 1.165) is 0 Å². The second-order valence-electron chi connectivity index (χ2n) is 4.21. The van der Waals surface area contributed by atoms with Crippen molar-refractivity contribution in [1.29, 1.82) is 0 Å². The van der Waals surface area contributed by atoms with Crippen LogP contribution in [0.15, 0.2) is 0 Å². The van der Waals surface area contributed by atoms with Crippen molar-refractivity contribution in [1.82, 2.24) is 9.44 Å².